The molecule has 2 aromatic rings. The van der Waals surface area contributed by atoms with Gasteiger partial charge in [-0.25, -0.2) is 0 Å². The minimum absolute atomic E-state index is 0.157. The number of carbonyl (C=O) groups is 2. The zero-order valence-corrected chi connectivity index (χ0v) is 20.4. The van der Waals surface area contributed by atoms with Gasteiger partial charge in [0, 0.05) is 17.6 Å². The number of nitrogens with zero attached hydrogens (tertiary/aromatic N) is 1. The Morgan fingerprint density at radius 2 is 1.81 bits per heavy atom. The molecule has 0 bridgehead atoms. The first-order chi connectivity index (χ1) is 14.8. The zero-order valence-electron chi connectivity index (χ0n) is 18.8. The molecule has 0 aromatic heterocycles. The van der Waals surface area contributed by atoms with Gasteiger partial charge in [0.15, 0.2) is 6.61 Å². The van der Waals surface area contributed by atoms with E-state index in [1.807, 2.05) is 57.2 Å². The lowest BCUT2D eigenvalue weighted by molar-refractivity contribution is -0.142. The van der Waals surface area contributed by atoms with Gasteiger partial charge in [-0.3, -0.25) is 9.59 Å². The van der Waals surface area contributed by atoms with Gasteiger partial charge in [0.2, 0.25) is 5.91 Å². The lowest BCUT2D eigenvalue weighted by Gasteiger charge is -2.29. The highest BCUT2D eigenvalue weighted by Crippen LogP contribution is 2.26. The monoisotopic (exact) mass is 490 g/mol. The first kappa shape index (κ1) is 24.7. The molecule has 2 rings (SSSR count). The van der Waals surface area contributed by atoms with Crippen LogP contribution < -0.4 is 14.8 Å². The number of benzene rings is 2. The highest BCUT2D eigenvalue weighted by atomic mass is 79.9. The quantitative estimate of drug-likeness (QED) is 0.535. The Balaban J connectivity index is 2.19. The molecule has 6 nitrogen and oxygen atoms in total. The second-order valence-corrected chi connectivity index (χ2v) is 8.29. The van der Waals surface area contributed by atoms with E-state index in [9.17, 15) is 9.59 Å². The van der Waals surface area contributed by atoms with Crippen LogP contribution in [0.1, 0.15) is 37.0 Å². The number of aryl methyl sites for hydroxylation is 2. The van der Waals surface area contributed by atoms with Crippen LogP contribution in [0.25, 0.3) is 0 Å². The van der Waals surface area contributed by atoms with Crippen LogP contribution in [-0.4, -0.2) is 43.0 Å². The molecule has 168 valence electrons. The van der Waals surface area contributed by atoms with Crippen LogP contribution in [0.15, 0.2) is 40.9 Å². The molecule has 0 saturated heterocycles. The Bertz CT molecular complexity index is 893. The summed E-state index contributed by atoms with van der Waals surface area (Å²) in [6.45, 7) is 8.35. The number of hydrogen-bond acceptors (Lipinski definition) is 4. The highest BCUT2D eigenvalue weighted by molar-refractivity contribution is 9.10. The summed E-state index contributed by atoms with van der Waals surface area (Å²) >= 11 is 3.54. The molecular formula is C24H31BrN2O4. The SMILES string of the molecule is CCCNC(=O)[C@H](C)N(Cc1cccc(OC)c1)C(=O)COc1cc(C)c(Br)c(C)c1. The number of amides is 2. The molecule has 1 atom stereocenters. The van der Waals surface area contributed by atoms with E-state index in [4.69, 9.17) is 9.47 Å². The fourth-order valence-electron chi connectivity index (χ4n) is 3.16. The van der Waals surface area contributed by atoms with Crippen LogP contribution in [0, 0.1) is 13.8 Å². The van der Waals surface area contributed by atoms with Gasteiger partial charge in [-0.15, -0.1) is 0 Å². The van der Waals surface area contributed by atoms with Crippen molar-refractivity contribution in [2.75, 3.05) is 20.3 Å². The molecule has 0 aliphatic heterocycles. The van der Waals surface area contributed by atoms with Gasteiger partial charge in [0.05, 0.1) is 7.11 Å². The van der Waals surface area contributed by atoms with Gasteiger partial charge < -0.3 is 19.7 Å². The normalized spacial score (nSPS) is 11.5. The van der Waals surface area contributed by atoms with Crippen LogP contribution in [0.4, 0.5) is 0 Å². The van der Waals surface area contributed by atoms with Gasteiger partial charge in [-0.2, -0.15) is 0 Å². The van der Waals surface area contributed by atoms with E-state index in [2.05, 4.69) is 21.2 Å². The molecule has 0 unspecified atom stereocenters. The maximum Gasteiger partial charge on any atom is 0.261 e. The first-order valence-electron chi connectivity index (χ1n) is 10.4. The van der Waals surface area contributed by atoms with Crippen molar-refractivity contribution in [1.29, 1.82) is 0 Å². The van der Waals surface area contributed by atoms with Crippen LogP contribution in [0.2, 0.25) is 0 Å². The number of methoxy groups -OCH3 is 1. The molecular weight excluding hydrogens is 460 g/mol. The van der Waals surface area contributed by atoms with Gasteiger partial charge in [0.1, 0.15) is 17.5 Å². The molecule has 1 N–H and O–H groups in total. The maximum atomic E-state index is 13.1. The number of rotatable bonds is 10. The number of nitrogens with one attached hydrogen (secondary N) is 1. The van der Waals surface area contributed by atoms with E-state index in [0.717, 1.165) is 27.6 Å². The summed E-state index contributed by atoms with van der Waals surface area (Å²) < 4.78 is 12.1. The number of carbonyl (C=O) groups excluding carboxylic acids is 2. The summed E-state index contributed by atoms with van der Waals surface area (Å²) in [5.74, 6) is 0.870. The van der Waals surface area contributed by atoms with Crippen molar-refractivity contribution in [2.45, 2.75) is 46.7 Å². The Hall–Kier alpha value is -2.54. The maximum absolute atomic E-state index is 13.1. The van der Waals surface area contributed by atoms with Crippen LogP contribution in [-0.2, 0) is 16.1 Å². The summed E-state index contributed by atoms with van der Waals surface area (Å²) in [5.41, 5.74) is 2.93. The minimum atomic E-state index is -0.637. The summed E-state index contributed by atoms with van der Waals surface area (Å²) in [4.78, 5) is 27.2. The average molecular weight is 491 g/mol. The molecule has 0 aliphatic carbocycles. The van der Waals surface area contributed by atoms with Crippen molar-refractivity contribution < 1.29 is 19.1 Å². The third-order valence-corrected chi connectivity index (χ3v) is 6.23. The van der Waals surface area contributed by atoms with Crippen molar-refractivity contribution in [1.82, 2.24) is 10.2 Å². The van der Waals surface area contributed by atoms with Crippen molar-refractivity contribution in [2.24, 2.45) is 0 Å². The van der Waals surface area contributed by atoms with Gasteiger partial charge in [-0.05, 0) is 68.1 Å². The summed E-state index contributed by atoms with van der Waals surface area (Å²) in [6.07, 6.45) is 0.827. The largest absolute Gasteiger partial charge is 0.497 e. The summed E-state index contributed by atoms with van der Waals surface area (Å²) in [7, 11) is 1.60. The first-order valence-corrected chi connectivity index (χ1v) is 11.2. The lowest BCUT2D eigenvalue weighted by Crippen LogP contribution is -2.49. The van der Waals surface area contributed by atoms with E-state index in [-0.39, 0.29) is 25.0 Å². The Kier molecular flexibility index (Phi) is 9.37. The smallest absolute Gasteiger partial charge is 0.261 e. The fourth-order valence-corrected chi connectivity index (χ4v) is 3.39. The molecule has 2 amide bonds. The van der Waals surface area contributed by atoms with Gasteiger partial charge in [-0.1, -0.05) is 35.0 Å². The average Bonchev–Trinajstić information content (AvgIpc) is 2.77. The number of hydrogen-bond donors (Lipinski definition) is 1. The third-order valence-electron chi connectivity index (χ3n) is 4.98. The summed E-state index contributed by atoms with van der Waals surface area (Å²) in [5, 5.41) is 2.87. The molecule has 0 spiro atoms. The Morgan fingerprint density at radius 3 is 2.42 bits per heavy atom. The van der Waals surface area contributed by atoms with Gasteiger partial charge in [0.25, 0.3) is 5.91 Å². The molecule has 0 aliphatic rings. The molecule has 0 fully saturated rings. The van der Waals surface area contributed by atoms with E-state index in [0.29, 0.717) is 18.0 Å². The summed E-state index contributed by atoms with van der Waals surface area (Å²) in [6, 6.07) is 10.6. The highest BCUT2D eigenvalue weighted by Gasteiger charge is 2.26. The zero-order chi connectivity index (χ0) is 23.0. The number of halogens is 1. The molecule has 7 heteroatoms. The van der Waals surface area contributed by atoms with Gasteiger partial charge >= 0.3 is 0 Å². The van der Waals surface area contributed by atoms with Crippen molar-refractivity contribution >= 4 is 27.7 Å². The molecule has 0 radical (unpaired) electrons. The van der Waals surface area contributed by atoms with Crippen molar-refractivity contribution in [3.05, 3.63) is 57.6 Å². The second kappa shape index (κ2) is 11.7. The predicted octanol–water partition coefficient (Wildman–Crippen LogP) is 4.40. The van der Waals surface area contributed by atoms with E-state index in [1.165, 1.54) is 0 Å². The van der Waals surface area contributed by atoms with E-state index in [1.54, 1.807) is 18.9 Å². The van der Waals surface area contributed by atoms with Crippen molar-refractivity contribution in [3.63, 3.8) is 0 Å². The fraction of sp³-hybridized carbons (Fsp3) is 0.417. The molecule has 2 aromatic carbocycles. The molecule has 0 heterocycles. The predicted molar refractivity (Wildman–Crippen MR) is 125 cm³/mol. The molecule has 31 heavy (non-hydrogen) atoms. The van der Waals surface area contributed by atoms with Crippen LogP contribution in [0.3, 0.4) is 0 Å². The molecule has 0 saturated carbocycles. The second-order valence-electron chi connectivity index (χ2n) is 7.50. The third kappa shape index (κ3) is 6.99. The van der Waals surface area contributed by atoms with Crippen LogP contribution >= 0.6 is 15.9 Å². The van der Waals surface area contributed by atoms with Crippen molar-refractivity contribution in [3.8, 4) is 11.5 Å². The Labute approximate surface area is 193 Å². The van der Waals surface area contributed by atoms with Crippen LogP contribution in [0.5, 0.6) is 11.5 Å². The standard InChI is InChI=1S/C24H31BrN2O4/c1-6-10-26-24(29)18(4)27(14-19-8-7-9-20(13-19)30-5)22(28)15-31-21-11-16(2)23(25)17(3)12-21/h7-9,11-13,18H,6,10,14-15H2,1-5H3,(H,26,29)/t18-/m0/s1. The number of ether oxygens (including phenoxy) is 2. The lowest BCUT2D eigenvalue weighted by atomic mass is 10.1. The Morgan fingerprint density at radius 1 is 1.13 bits per heavy atom. The topological polar surface area (TPSA) is 67.9 Å². The minimum Gasteiger partial charge on any atom is -0.497 e. The van der Waals surface area contributed by atoms with E-state index >= 15 is 0 Å². The van der Waals surface area contributed by atoms with E-state index < -0.39 is 6.04 Å².